The molecule has 1 amide bonds. The van der Waals surface area contributed by atoms with E-state index in [2.05, 4.69) is 21.8 Å². The minimum absolute atomic E-state index is 0.0575. The molecule has 0 spiro atoms. The monoisotopic (exact) mass is 499 g/mol. The zero-order chi connectivity index (χ0) is 24.7. The van der Waals surface area contributed by atoms with Crippen LogP contribution in [0.3, 0.4) is 0 Å². The fourth-order valence-electron chi connectivity index (χ4n) is 3.92. The highest BCUT2D eigenvalue weighted by molar-refractivity contribution is 7.89. The van der Waals surface area contributed by atoms with Gasteiger partial charge in [-0.05, 0) is 28.8 Å². The van der Waals surface area contributed by atoms with Gasteiger partial charge in [-0.2, -0.15) is 4.72 Å². The Labute approximate surface area is 205 Å². The quantitative estimate of drug-likeness (QED) is 0.520. The molecular formula is C25H29N3O6S. The van der Waals surface area contributed by atoms with E-state index < -0.39 is 29.1 Å². The van der Waals surface area contributed by atoms with Gasteiger partial charge in [0, 0.05) is 32.7 Å². The molecule has 0 bridgehead atoms. The summed E-state index contributed by atoms with van der Waals surface area (Å²) in [5.41, 5.74) is 2.91. The van der Waals surface area contributed by atoms with E-state index in [9.17, 15) is 18.0 Å². The molecule has 2 aliphatic heterocycles. The molecule has 2 aliphatic rings. The summed E-state index contributed by atoms with van der Waals surface area (Å²) in [5, 5.41) is 0. The molecule has 9 nitrogen and oxygen atoms in total. The van der Waals surface area contributed by atoms with Crippen molar-refractivity contribution in [3.63, 3.8) is 0 Å². The van der Waals surface area contributed by atoms with Crippen LogP contribution in [-0.4, -0.2) is 76.0 Å². The Kier molecular flexibility index (Phi) is 8.29. The highest BCUT2D eigenvalue weighted by atomic mass is 32.2. The molecule has 186 valence electrons. The largest absolute Gasteiger partial charge is 0.455 e. The van der Waals surface area contributed by atoms with Crippen LogP contribution in [0.1, 0.15) is 16.7 Å². The number of hydrogen-bond acceptors (Lipinski definition) is 7. The van der Waals surface area contributed by atoms with E-state index in [4.69, 9.17) is 9.47 Å². The molecule has 1 N–H and O–H groups in total. The second-order valence-corrected chi connectivity index (χ2v) is 10.2. The highest BCUT2D eigenvalue weighted by Gasteiger charge is 2.23. The van der Waals surface area contributed by atoms with E-state index >= 15 is 0 Å². The molecule has 0 aliphatic carbocycles. The zero-order valence-corrected chi connectivity index (χ0v) is 20.2. The van der Waals surface area contributed by atoms with Gasteiger partial charge in [0.25, 0.3) is 5.91 Å². The Bertz CT molecular complexity index is 1170. The molecule has 35 heavy (non-hydrogen) atoms. The fraction of sp³-hybridized carbons (Fsp3) is 0.360. The van der Waals surface area contributed by atoms with Gasteiger partial charge in [-0.1, -0.05) is 48.6 Å². The van der Waals surface area contributed by atoms with Crippen molar-refractivity contribution in [1.82, 2.24) is 14.5 Å². The molecule has 1 saturated heterocycles. The molecule has 1 fully saturated rings. The van der Waals surface area contributed by atoms with Crippen LogP contribution in [0.4, 0.5) is 0 Å². The van der Waals surface area contributed by atoms with Crippen molar-refractivity contribution in [3.8, 4) is 0 Å². The van der Waals surface area contributed by atoms with Gasteiger partial charge in [0.05, 0.1) is 18.1 Å². The summed E-state index contributed by atoms with van der Waals surface area (Å²) < 4.78 is 37.4. The van der Waals surface area contributed by atoms with Crippen LogP contribution in [0.2, 0.25) is 0 Å². The lowest BCUT2D eigenvalue weighted by molar-refractivity contribution is -0.151. The summed E-state index contributed by atoms with van der Waals surface area (Å²) in [7, 11) is -3.88. The van der Waals surface area contributed by atoms with Crippen molar-refractivity contribution in [2.75, 3.05) is 45.9 Å². The van der Waals surface area contributed by atoms with Gasteiger partial charge in [0.2, 0.25) is 10.0 Å². The van der Waals surface area contributed by atoms with E-state index in [1.807, 2.05) is 30.3 Å². The Morgan fingerprint density at radius 3 is 2.51 bits per heavy atom. The second kappa shape index (κ2) is 11.6. The third-order valence-corrected chi connectivity index (χ3v) is 7.36. The minimum Gasteiger partial charge on any atom is -0.455 e. The maximum atomic E-state index is 12.5. The number of nitrogens with zero attached hydrogens (tertiary/aromatic N) is 2. The first-order valence-corrected chi connectivity index (χ1v) is 13.0. The Morgan fingerprint density at radius 2 is 1.74 bits per heavy atom. The standard InChI is InChI=1S/C25H29N3O6S/c29-24(28-13-11-27(12-14-28)10-4-7-20-5-2-1-3-6-20)19-34-25(30)16-26-35(31,32)23-9-8-21-17-33-18-22(21)15-23/h1-9,15,26H,10-14,16-19H2/b7-4+. The number of fused-ring (bicyclic) bond motifs is 1. The molecular weight excluding hydrogens is 470 g/mol. The van der Waals surface area contributed by atoms with Crippen molar-refractivity contribution in [1.29, 1.82) is 0 Å². The third kappa shape index (κ3) is 6.98. The van der Waals surface area contributed by atoms with Crippen LogP contribution < -0.4 is 4.72 Å². The predicted octanol–water partition coefficient (Wildman–Crippen LogP) is 1.40. The molecule has 0 atom stereocenters. The predicted molar refractivity (Wildman–Crippen MR) is 130 cm³/mol. The van der Waals surface area contributed by atoms with Crippen molar-refractivity contribution in [2.24, 2.45) is 0 Å². The fourth-order valence-corrected chi connectivity index (χ4v) is 4.94. The van der Waals surface area contributed by atoms with Crippen LogP contribution in [0, 0.1) is 0 Å². The number of rotatable bonds is 9. The number of carbonyl (C=O) groups is 2. The van der Waals surface area contributed by atoms with Crippen molar-refractivity contribution in [3.05, 3.63) is 71.3 Å². The molecule has 2 aromatic carbocycles. The van der Waals surface area contributed by atoms with Crippen LogP contribution in [0.15, 0.2) is 59.5 Å². The topological polar surface area (TPSA) is 105 Å². The SMILES string of the molecule is O=C(CNS(=O)(=O)c1ccc2c(c1)COC2)OCC(=O)N1CCN(C/C=C/c2ccccc2)CC1. The average Bonchev–Trinajstić information content (AvgIpc) is 3.35. The Hall–Kier alpha value is -3.05. The van der Waals surface area contributed by atoms with Gasteiger partial charge in [0.1, 0.15) is 6.54 Å². The van der Waals surface area contributed by atoms with Crippen molar-refractivity contribution < 1.29 is 27.5 Å². The summed E-state index contributed by atoms with van der Waals surface area (Å²) in [6, 6.07) is 14.8. The maximum absolute atomic E-state index is 12.5. The first-order valence-electron chi connectivity index (χ1n) is 11.5. The lowest BCUT2D eigenvalue weighted by Gasteiger charge is -2.34. The van der Waals surface area contributed by atoms with Gasteiger partial charge < -0.3 is 14.4 Å². The number of amides is 1. The van der Waals surface area contributed by atoms with Crippen molar-refractivity contribution >= 4 is 28.0 Å². The van der Waals surface area contributed by atoms with Gasteiger partial charge in [0.15, 0.2) is 6.61 Å². The second-order valence-electron chi connectivity index (χ2n) is 8.40. The molecule has 4 rings (SSSR count). The van der Waals surface area contributed by atoms with Crippen LogP contribution in [0.5, 0.6) is 0 Å². The lowest BCUT2D eigenvalue weighted by Crippen LogP contribution is -2.49. The zero-order valence-electron chi connectivity index (χ0n) is 19.4. The van der Waals surface area contributed by atoms with E-state index in [0.29, 0.717) is 26.3 Å². The molecule has 2 aromatic rings. The van der Waals surface area contributed by atoms with E-state index in [0.717, 1.165) is 36.3 Å². The van der Waals surface area contributed by atoms with Crippen molar-refractivity contribution in [2.45, 2.75) is 18.1 Å². The van der Waals surface area contributed by atoms with Crippen LogP contribution in [0.25, 0.3) is 6.08 Å². The normalized spacial score (nSPS) is 16.4. The molecule has 0 radical (unpaired) electrons. The average molecular weight is 500 g/mol. The number of hydrogen-bond donors (Lipinski definition) is 1. The first kappa shape index (κ1) is 25.1. The number of carbonyl (C=O) groups excluding carboxylic acids is 2. The molecule has 2 heterocycles. The summed E-state index contributed by atoms with van der Waals surface area (Å²) >= 11 is 0. The van der Waals surface area contributed by atoms with Gasteiger partial charge in [-0.3, -0.25) is 14.5 Å². The number of benzene rings is 2. The molecule has 0 saturated carbocycles. The maximum Gasteiger partial charge on any atom is 0.321 e. The Morgan fingerprint density at radius 1 is 1.00 bits per heavy atom. The lowest BCUT2D eigenvalue weighted by atomic mass is 10.1. The summed E-state index contributed by atoms with van der Waals surface area (Å²) in [4.78, 5) is 28.4. The van der Waals surface area contributed by atoms with E-state index in [1.54, 1.807) is 11.0 Å². The number of sulfonamides is 1. The number of esters is 1. The van der Waals surface area contributed by atoms with E-state index in [-0.39, 0.29) is 10.8 Å². The first-order chi connectivity index (χ1) is 16.9. The smallest absolute Gasteiger partial charge is 0.321 e. The summed E-state index contributed by atoms with van der Waals surface area (Å²) in [6.45, 7) is 3.20. The summed E-state index contributed by atoms with van der Waals surface area (Å²) in [6.07, 6.45) is 4.18. The molecule has 10 heteroatoms. The molecule has 0 unspecified atom stereocenters. The van der Waals surface area contributed by atoms with Gasteiger partial charge in [-0.15, -0.1) is 0 Å². The summed E-state index contributed by atoms with van der Waals surface area (Å²) in [5.74, 6) is -1.10. The number of ether oxygens (including phenoxy) is 2. The Balaban J connectivity index is 1.15. The highest BCUT2D eigenvalue weighted by Crippen LogP contribution is 2.22. The third-order valence-electron chi connectivity index (χ3n) is 5.96. The van der Waals surface area contributed by atoms with E-state index in [1.165, 1.54) is 12.1 Å². The van der Waals surface area contributed by atoms with Crippen LogP contribution in [-0.2, 0) is 42.3 Å². The number of piperazine rings is 1. The minimum atomic E-state index is -3.88. The number of nitrogens with one attached hydrogen (secondary N) is 1. The molecule has 0 aromatic heterocycles. The van der Waals surface area contributed by atoms with Gasteiger partial charge in [-0.25, -0.2) is 8.42 Å². The van der Waals surface area contributed by atoms with Crippen LogP contribution >= 0.6 is 0 Å². The van der Waals surface area contributed by atoms with Gasteiger partial charge >= 0.3 is 5.97 Å².